The molecular weight excluding hydrogens is 263 g/mol. The van der Waals surface area contributed by atoms with Gasteiger partial charge in [-0.1, -0.05) is 6.92 Å². The molecule has 0 fully saturated rings. The standard InChI is InChI=1S/C14H21FN2O3/c1-5-16-9(2)8-17-14(18)10-6-12(19-3)13(20-4)7-11(10)15/h6-7,9,16H,5,8H2,1-4H3,(H,17,18)/t9-/m1/s1. The lowest BCUT2D eigenvalue weighted by molar-refractivity contribution is 0.0945. The van der Waals surface area contributed by atoms with E-state index in [0.29, 0.717) is 12.3 Å². The SMILES string of the molecule is CCN[C@H](C)CNC(=O)c1cc(OC)c(OC)cc1F. The fourth-order valence-corrected chi connectivity index (χ4v) is 1.79. The number of ether oxygens (including phenoxy) is 2. The number of amides is 1. The molecule has 0 aliphatic heterocycles. The predicted molar refractivity (Wildman–Crippen MR) is 75.0 cm³/mol. The summed E-state index contributed by atoms with van der Waals surface area (Å²) >= 11 is 0. The van der Waals surface area contributed by atoms with Gasteiger partial charge in [-0.3, -0.25) is 4.79 Å². The summed E-state index contributed by atoms with van der Waals surface area (Å²) in [4.78, 5) is 12.0. The van der Waals surface area contributed by atoms with E-state index >= 15 is 0 Å². The quantitative estimate of drug-likeness (QED) is 0.798. The zero-order valence-electron chi connectivity index (χ0n) is 12.2. The minimum Gasteiger partial charge on any atom is -0.493 e. The summed E-state index contributed by atoms with van der Waals surface area (Å²) in [6.45, 7) is 5.14. The number of rotatable bonds is 7. The Morgan fingerprint density at radius 1 is 1.30 bits per heavy atom. The predicted octanol–water partition coefficient (Wildman–Crippen LogP) is 1.57. The van der Waals surface area contributed by atoms with Crippen molar-refractivity contribution in [3.05, 3.63) is 23.5 Å². The van der Waals surface area contributed by atoms with Crippen molar-refractivity contribution in [2.45, 2.75) is 19.9 Å². The van der Waals surface area contributed by atoms with Gasteiger partial charge in [0.2, 0.25) is 0 Å². The number of carbonyl (C=O) groups is 1. The number of nitrogens with one attached hydrogen (secondary N) is 2. The van der Waals surface area contributed by atoms with Crippen molar-refractivity contribution in [1.29, 1.82) is 0 Å². The summed E-state index contributed by atoms with van der Waals surface area (Å²) in [6.07, 6.45) is 0. The highest BCUT2D eigenvalue weighted by molar-refractivity contribution is 5.95. The van der Waals surface area contributed by atoms with Crippen LogP contribution < -0.4 is 20.1 Å². The summed E-state index contributed by atoms with van der Waals surface area (Å²) in [5.74, 6) is -0.550. The van der Waals surface area contributed by atoms with Crippen molar-refractivity contribution in [1.82, 2.24) is 10.6 Å². The fourth-order valence-electron chi connectivity index (χ4n) is 1.79. The van der Waals surface area contributed by atoms with Crippen molar-refractivity contribution < 1.29 is 18.7 Å². The maximum atomic E-state index is 13.9. The summed E-state index contributed by atoms with van der Waals surface area (Å²) < 4.78 is 23.9. The maximum Gasteiger partial charge on any atom is 0.254 e. The normalized spacial score (nSPS) is 11.8. The van der Waals surface area contributed by atoms with Crippen molar-refractivity contribution >= 4 is 5.91 Å². The van der Waals surface area contributed by atoms with E-state index in [1.165, 1.54) is 20.3 Å². The topological polar surface area (TPSA) is 59.6 Å². The van der Waals surface area contributed by atoms with Gasteiger partial charge in [-0.25, -0.2) is 4.39 Å². The van der Waals surface area contributed by atoms with Crippen LogP contribution in [0.5, 0.6) is 11.5 Å². The first-order valence-electron chi connectivity index (χ1n) is 6.46. The van der Waals surface area contributed by atoms with Gasteiger partial charge in [0.05, 0.1) is 19.8 Å². The van der Waals surface area contributed by atoms with E-state index in [2.05, 4.69) is 10.6 Å². The van der Waals surface area contributed by atoms with E-state index in [0.717, 1.165) is 12.6 Å². The van der Waals surface area contributed by atoms with Gasteiger partial charge in [0.1, 0.15) is 5.82 Å². The first kappa shape index (κ1) is 16.2. The second-order valence-corrected chi connectivity index (χ2v) is 4.36. The molecule has 0 aromatic heterocycles. The number of benzene rings is 1. The molecule has 0 bridgehead atoms. The van der Waals surface area contributed by atoms with Crippen molar-refractivity contribution in [3.63, 3.8) is 0 Å². The van der Waals surface area contributed by atoms with Crippen LogP contribution in [0.25, 0.3) is 0 Å². The minimum atomic E-state index is -0.642. The van der Waals surface area contributed by atoms with E-state index in [9.17, 15) is 9.18 Å². The summed E-state index contributed by atoms with van der Waals surface area (Å²) in [6, 6.07) is 2.59. The van der Waals surface area contributed by atoms with Crippen LogP contribution >= 0.6 is 0 Å². The molecule has 0 aliphatic rings. The Balaban J connectivity index is 2.82. The Kier molecular flexibility index (Phi) is 6.24. The lowest BCUT2D eigenvalue weighted by Gasteiger charge is -2.14. The largest absolute Gasteiger partial charge is 0.493 e. The molecule has 0 aliphatic carbocycles. The van der Waals surface area contributed by atoms with Gasteiger partial charge in [-0.15, -0.1) is 0 Å². The molecule has 0 unspecified atom stereocenters. The van der Waals surface area contributed by atoms with Gasteiger partial charge in [-0.2, -0.15) is 0 Å². The van der Waals surface area contributed by atoms with Crippen LogP contribution in [-0.4, -0.2) is 39.3 Å². The van der Waals surface area contributed by atoms with Gasteiger partial charge in [0.15, 0.2) is 11.5 Å². The Labute approximate surface area is 118 Å². The van der Waals surface area contributed by atoms with Gasteiger partial charge in [-0.05, 0) is 19.5 Å². The average Bonchev–Trinajstić information content (AvgIpc) is 2.44. The van der Waals surface area contributed by atoms with Crippen LogP contribution in [0.4, 0.5) is 4.39 Å². The third-order valence-electron chi connectivity index (χ3n) is 2.84. The van der Waals surface area contributed by atoms with E-state index in [-0.39, 0.29) is 17.4 Å². The van der Waals surface area contributed by atoms with Crippen molar-refractivity contribution in [2.75, 3.05) is 27.3 Å². The molecule has 1 rings (SSSR count). The van der Waals surface area contributed by atoms with Crippen molar-refractivity contribution in [2.24, 2.45) is 0 Å². The lowest BCUT2D eigenvalue weighted by atomic mass is 10.1. The molecule has 1 atom stereocenters. The van der Waals surface area contributed by atoms with E-state index in [1.54, 1.807) is 0 Å². The molecule has 0 radical (unpaired) electrons. The van der Waals surface area contributed by atoms with Gasteiger partial charge in [0, 0.05) is 18.7 Å². The second-order valence-electron chi connectivity index (χ2n) is 4.36. The third-order valence-corrected chi connectivity index (χ3v) is 2.84. The Bertz CT molecular complexity index is 466. The van der Waals surface area contributed by atoms with E-state index < -0.39 is 11.7 Å². The Morgan fingerprint density at radius 3 is 2.45 bits per heavy atom. The number of methoxy groups -OCH3 is 2. The molecule has 0 heterocycles. The first-order chi connectivity index (χ1) is 9.53. The molecule has 0 saturated carbocycles. The van der Waals surface area contributed by atoms with Crippen LogP contribution in [0, 0.1) is 5.82 Å². The molecule has 1 aromatic rings. The monoisotopic (exact) mass is 284 g/mol. The average molecular weight is 284 g/mol. The Hall–Kier alpha value is -1.82. The zero-order chi connectivity index (χ0) is 15.1. The van der Waals surface area contributed by atoms with Crippen LogP contribution in [0.3, 0.4) is 0 Å². The molecule has 1 amide bonds. The van der Waals surface area contributed by atoms with Crippen molar-refractivity contribution in [3.8, 4) is 11.5 Å². The molecule has 20 heavy (non-hydrogen) atoms. The molecule has 112 valence electrons. The lowest BCUT2D eigenvalue weighted by Crippen LogP contribution is -2.39. The third kappa shape index (κ3) is 4.09. The number of hydrogen-bond acceptors (Lipinski definition) is 4. The molecular formula is C14H21FN2O3. The maximum absolute atomic E-state index is 13.9. The van der Waals surface area contributed by atoms with Crippen LogP contribution in [0.2, 0.25) is 0 Å². The van der Waals surface area contributed by atoms with Crippen LogP contribution in [0.15, 0.2) is 12.1 Å². The molecule has 0 saturated heterocycles. The molecule has 0 spiro atoms. The smallest absolute Gasteiger partial charge is 0.254 e. The molecule has 6 heteroatoms. The van der Waals surface area contributed by atoms with Crippen LogP contribution in [-0.2, 0) is 0 Å². The summed E-state index contributed by atoms with van der Waals surface area (Å²) in [5, 5.41) is 5.83. The molecule has 2 N–H and O–H groups in total. The van der Waals surface area contributed by atoms with Gasteiger partial charge in [0.25, 0.3) is 5.91 Å². The Morgan fingerprint density at radius 2 is 1.90 bits per heavy atom. The molecule has 5 nitrogen and oxygen atoms in total. The highest BCUT2D eigenvalue weighted by atomic mass is 19.1. The first-order valence-corrected chi connectivity index (χ1v) is 6.46. The number of hydrogen-bond donors (Lipinski definition) is 2. The zero-order valence-corrected chi connectivity index (χ0v) is 12.2. The highest BCUT2D eigenvalue weighted by Crippen LogP contribution is 2.29. The summed E-state index contributed by atoms with van der Waals surface area (Å²) in [5.41, 5.74) is -0.0636. The van der Waals surface area contributed by atoms with Crippen LogP contribution in [0.1, 0.15) is 24.2 Å². The second kappa shape index (κ2) is 7.69. The minimum absolute atomic E-state index is 0.0636. The number of likely N-dealkylation sites (N-methyl/N-ethyl adjacent to an activating group) is 1. The van der Waals surface area contributed by atoms with Gasteiger partial charge >= 0.3 is 0 Å². The van der Waals surface area contributed by atoms with E-state index in [1.807, 2.05) is 13.8 Å². The molecule has 1 aromatic carbocycles. The fraction of sp³-hybridized carbons (Fsp3) is 0.500. The number of carbonyl (C=O) groups excluding carboxylic acids is 1. The number of halogens is 1. The summed E-state index contributed by atoms with van der Waals surface area (Å²) in [7, 11) is 2.85. The highest BCUT2D eigenvalue weighted by Gasteiger charge is 2.17. The van der Waals surface area contributed by atoms with E-state index in [4.69, 9.17) is 9.47 Å². The van der Waals surface area contributed by atoms with Gasteiger partial charge < -0.3 is 20.1 Å².